The Balaban J connectivity index is 2.18. The van der Waals surface area contributed by atoms with E-state index in [-0.39, 0.29) is 0 Å². The van der Waals surface area contributed by atoms with Gasteiger partial charge in [0, 0.05) is 33.4 Å². The number of hydrogen-bond donors (Lipinski definition) is 1. The summed E-state index contributed by atoms with van der Waals surface area (Å²) in [6.45, 7) is 0. The van der Waals surface area contributed by atoms with E-state index in [0.29, 0.717) is 5.02 Å². The van der Waals surface area contributed by atoms with Crippen LogP contribution in [0.25, 0.3) is 11.4 Å². The van der Waals surface area contributed by atoms with Crippen LogP contribution in [-0.2, 0) is 12.8 Å². The van der Waals surface area contributed by atoms with Crippen molar-refractivity contribution in [2.24, 2.45) is 0 Å². The zero-order valence-electron chi connectivity index (χ0n) is 10.5. The molecule has 0 unspecified atom stereocenters. The van der Waals surface area contributed by atoms with E-state index in [1.165, 1.54) is 5.56 Å². The van der Waals surface area contributed by atoms with Crippen molar-refractivity contribution >= 4 is 33.3 Å². The first-order valence-corrected chi connectivity index (χ1v) is 7.39. The molecule has 5 heteroatoms. The minimum atomic E-state index is 0.688. The molecule has 3 nitrogen and oxygen atoms in total. The van der Waals surface area contributed by atoms with Gasteiger partial charge >= 0.3 is 0 Å². The van der Waals surface area contributed by atoms with Crippen molar-refractivity contribution in [3.05, 3.63) is 39.0 Å². The molecule has 0 spiro atoms. The van der Waals surface area contributed by atoms with Crippen molar-refractivity contribution in [2.75, 3.05) is 12.4 Å². The quantitative estimate of drug-likeness (QED) is 0.896. The molecule has 0 saturated carbocycles. The Kier molecular flexibility index (Phi) is 3.46. The number of aromatic nitrogens is 2. The van der Waals surface area contributed by atoms with Crippen molar-refractivity contribution in [1.29, 1.82) is 0 Å². The fourth-order valence-electron chi connectivity index (χ4n) is 2.43. The smallest absolute Gasteiger partial charge is 0.162 e. The van der Waals surface area contributed by atoms with Gasteiger partial charge in [-0.2, -0.15) is 0 Å². The molecule has 98 valence electrons. The van der Waals surface area contributed by atoms with E-state index in [2.05, 4.69) is 26.2 Å². The number of aryl methyl sites for hydroxylation is 1. The van der Waals surface area contributed by atoms with E-state index in [4.69, 9.17) is 16.6 Å². The zero-order chi connectivity index (χ0) is 13.4. The normalized spacial score (nSPS) is 13.4. The van der Waals surface area contributed by atoms with Crippen molar-refractivity contribution < 1.29 is 0 Å². The van der Waals surface area contributed by atoms with Crippen LogP contribution in [0.2, 0.25) is 5.02 Å². The predicted molar refractivity (Wildman–Crippen MR) is 81.7 cm³/mol. The maximum Gasteiger partial charge on any atom is 0.162 e. The predicted octanol–water partition coefficient (Wildman–Crippen LogP) is 4.09. The average molecular weight is 339 g/mol. The van der Waals surface area contributed by atoms with Crippen LogP contribution in [0.3, 0.4) is 0 Å². The molecular weight excluding hydrogens is 326 g/mol. The van der Waals surface area contributed by atoms with Crippen LogP contribution >= 0.6 is 27.5 Å². The third kappa shape index (κ3) is 2.35. The SMILES string of the molecule is CNc1nc(-c2cc(Cl)ccc2Br)nc2c1CCC2. The first kappa shape index (κ1) is 12.9. The second-order valence-corrected chi connectivity index (χ2v) is 5.84. The van der Waals surface area contributed by atoms with E-state index in [9.17, 15) is 0 Å². The summed E-state index contributed by atoms with van der Waals surface area (Å²) in [4.78, 5) is 9.32. The van der Waals surface area contributed by atoms with E-state index in [0.717, 1.165) is 46.6 Å². The number of nitrogens with one attached hydrogen (secondary N) is 1. The van der Waals surface area contributed by atoms with Crippen molar-refractivity contribution in [3.8, 4) is 11.4 Å². The molecule has 0 amide bonds. The molecular formula is C14H13BrClN3. The fraction of sp³-hybridized carbons (Fsp3) is 0.286. The summed E-state index contributed by atoms with van der Waals surface area (Å²) >= 11 is 9.60. The van der Waals surface area contributed by atoms with Gasteiger partial charge in [0.1, 0.15) is 5.82 Å². The second-order valence-electron chi connectivity index (χ2n) is 4.55. The minimum absolute atomic E-state index is 0.688. The highest BCUT2D eigenvalue weighted by molar-refractivity contribution is 9.10. The third-order valence-electron chi connectivity index (χ3n) is 3.34. The van der Waals surface area contributed by atoms with Gasteiger partial charge in [-0.05, 0) is 37.5 Å². The number of rotatable bonds is 2. The molecule has 0 aliphatic heterocycles. The Hall–Kier alpha value is -1.13. The van der Waals surface area contributed by atoms with Gasteiger partial charge in [-0.1, -0.05) is 27.5 Å². The van der Waals surface area contributed by atoms with Gasteiger partial charge in [-0.25, -0.2) is 9.97 Å². The summed E-state index contributed by atoms with van der Waals surface area (Å²) in [7, 11) is 1.90. The van der Waals surface area contributed by atoms with Crippen LogP contribution in [0, 0.1) is 0 Å². The molecule has 0 fully saturated rings. The maximum absolute atomic E-state index is 6.07. The van der Waals surface area contributed by atoms with Gasteiger partial charge in [0.2, 0.25) is 0 Å². The lowest BCUT2D eigenvalue weighted by molar-refractivity contribution is 0.900. The van der Waals surface area contributed by atoms with Crippen molar-refractivity contribution in [1.82, 2.24) is 9.97 Å². The van der Waals surface area contributed by atoms with E-state index >= 15 is 0 Å². The molecule has 3 rings (SSSR count). The first-order valence-electron chi connectivity index (χ1n) is 6.22. The van der Waals surface area contributed by atoms with Gasteiger partial charge in [0.05, 0.1) is 0 Å². The molecule has 1 aromatic carbocycles. The molecule has 19 heavy (non-hydrogen) atoms. The highest BCUT2D eigenvalue weighted by Crippen LogP contribution is 2.33. The Morgan fingerprint density at radius 1 is 1.26 bits per heavy atom. The van der Waals surface area contributed by atoms with Crippen LogP contribution in [0.1, 0.15) is 17.7 Å². The Bertz CT molecular complexity index is 643. The second kappa shape index (κ2) is 5.10. The van der Waals surface area contributed by atoms with Crippen LogP contribution in [0.15, 0.2) is 22.7 Å². The topological polar surface area (TPSA) is 37.8 Å². The zero-order valence-corrected chi connectivity index (χ0v) is 12.8. The third-order valence-corrected chi connectivity index (χ3v) is 4.27. The van der Waals surface area contributed by atoms with Crippen molar-refractivity contribution in [3.63, 3.8) is 0 Å². The van der Waals surface area contributed by atoms with E-state index in [1.54, 1.807) is 0 Å². The largest absolute Gasteiger partial charge is 0.373 e. The minimum Gasteiger partial charge on any atom is -0.373 e. The van der Waals surface area contributed by atoms with Gasteiger partial charge in [-0.3, -0.25) is 0 Å². The van der Waals surface area contributed by atoms with Gasteiger partial charge in [0.25, 0.3) is 0 Å². The van der Waals surface area contributed by atoms with Gasteiger partial charge in [-0.15, -0.1) is 0 Å². The van der Waals surface area contributed by atoms with Crippen LogP contribution in [0.4, 0.5) is 5.82 Å². The molecule has 1 aromatic heterocycles. The lowest BCUT2D eigenvalue weighted by atomic mass is 10.2. The Morgan fingerprint density at radius 2 is 2.11 bits per heavy atom. The molecule has 1 N–H and O–H groups in total. The van der Waals surface area contributed by atoms with Crippen LogP contribution in [-0.4, -0.2) is 17.0 Å². The van der Waals surface area contributed by atoms with E-state index < -0.39 is 0 Å². The molecule has 2 aromatic rings. The number of benzene rings is 1. The lowest BCUT2D eigenvalue weighted by Gasteiger charge is -2.10. The average Bonchev–Trinajstić information content (AvgIpc) is 2.88. The highest BCUT2D eigenvalue weighted by Gasteiger charge is 2.20. The maximum atomic E-state index is 6.07. The number of halogens is 2. The number of nitrogens with zero attached hydrogens (tertiary/aromatic N) is 2. The molecule has 0 atom stereocenters. The fourth-order valence-corrected chi connectivity index (χ4v) is 3.02. The molecule has 0 saturated heterocycles. The molecule has 0 radical (unpaired) electrons. The Morgan fingerprint density at radius 3 is 2.89 bits per heavy atom. The summed E-state index contributed by atoms with van der Waals surface area (Å²) in [6, 6.07) is 5.66. The summed E-state index contributed by atoms with van der Waals surface area (Å²) in [5.41, 5.74) is 3.34. The number of anilines is 1. The summed E-state index contributed by atoms with van der Waals surface area (Å²) in [5.74, 6) is 1.66. The Labute approximate surface area is 125 Å². The van der Waals surface area contributed by atoms with Gasteiger partial charge in [0.15, 0.2) is 5.82 Å². The van der Waals surface area contributed by atoms with Gasteiger partial charge < -0.3 is 5.32 Å². The number of hydrogen-bond acceptors (Lipinski definition) is 3. The number of fused-ring (bicyclic) bond motifs is 1. The van der Waals surface area contributed by atoms with Crippen LogP contribution in [0.5, 0.6) is 0 Å². The molecule has 1 heterocycles. The van der Waals surface area contributed by atoms with Crippen molar-refractivity contribution in [2.45, 2.75) is 19.3 Å². The molecule has 1 aliphatic rings. The summed E-state index contributed by atoms with van der Waals surface area (Å²) in [6.07, 6.45) is 3.24. The summed E-state index contributed by atoms with van der Waals surface area (Å²) < 4.78 is 0.955. The van der Waals surface area contributed by atoms with Crippen LogP contribution < -0.4 is 5.32 Å². The molecule has 0 bridgehead atoms. The first-order chi connectivity index (χ1) is 9.19. The molecule has 1 aliphatic carbocycles. The monoisotopic (exact) mass is 337 g/mol. The van der Waals surface area contributed by atoms with E-state index in [1.807, 2.05) is 25.2 Å². The highest BCUT2D eigenvalue weighted by atomic mass is 79.9. The standard InChI is InChI=1S/C14H13BrClN3/c1-17-13-9-3-2-4-12(9)18-14(19-13)10-7-8(16)5-6-11(10)15/h5-7H,2-4H2,1H3,(H,17,18,19). The lowest BCUT2D eigenvalue weighted by Crippen LogP contribution is -2.03. The summed E-state index contributed by atoms with van der Waals surface area (Å²) in [5, 5.41) is 3.86.